The number of unbranched alkanes of at least 4 members (excludes halogenated alkanes) is 2. The van der Waals surface area contributed by atoms with Crippen molar-refractivity contribution in [1.29, 1.82) is 0 Å². The lowest BCUT2D eigenvalue weighted by molar-refractivity contribution is -0.132. The number of hydrogen-bond donors (Lipinski definition) is 6. The van der Waals surface area contributed by atoms with E-state index in [0.29, 0.717) is 48.1 Å². The molecule has 248 valence electrons. The van der Waals surface area contributed by atoms with Crippen LogP contribution in [0.1, 0.15) is 78.7 Å². The first-order chi connectivity index (χ1) is 22.0. The number of urea groups is 1. The zero-order chi connectivity index (χ0) is 33.6. The van der Waals surface area contributed by atoms with Crippen LogP contribution in [0.5, 0.6) is 0 Å². The minimum absolute atomic E-state index is 0.119. The van der Waals surface area contributed by atoms with Crippen molar-refractivity contribution in [2.75, 3.05) is 18.5 Å². The molecule has 2 aromatic carbocycles. The fourth-order valence-electron chi connectivity index (χ4n) is 4.76. The van der Waals surface area contributed by atoms with E-state index in [0.717, 1.165) is 5.06 Å². The molecule has 0 aromatic heterocycles. The van der Waals surface area contributed by atoms with Gasteiger partial charge in [-0.1, -0.05) is 44.5 Å². The Morgan fingerprint density at radius 2 is 1.52 bits per heavy atom. The van der Waals surface area contributed by atoms with Gasteiger partial charge < -0.3 is 32.1 Å². The topological polar surface area (TPSA) is 209 Å². The second kappa shape index (κ2) is 17.6. The molecule has 0 fully saturated rings. The Morgan fingerprint density at radius 1 is 0.870 bits per heavy atom. The first kappa shape index (κ1) is 35.7. The maximum absolute atomic E-state index is 13.3. The molecule has 14 nitrogen and oxygen atoms in total. The number of primary amides is 1. The number of hydroxylamine groups is 2. The average Bonchev–Trinajstić information content (AvgIpc) is 3.27. The van der Waals surface area contributed by atoms with E-state index in [1.54, 1.807) is 62.4 Å². The Bertz CT molecular complexity index is 1360. The minimum atomic E-state index is -0.972. The molecular formula is C32H42N6O8. The number of hydrogen-bond acceptors (Lipinski definition) is 8. The van der Waals surface area contributed by atoms with Crippen LogP contribution in [0.2, 0.25) is 0 Å². The highest BCUT2D eigenvalue weighted by Gasteiger charge is 2.36. The molecule has 2 aromatic rings. The predicted octanol–water partition coefficient (Wildman–Crippen LogP) is 1.98. The van der Waals surface area contributed by atoms with E-state index in [1.807, 2.05) is 0 Å². The van der Waals surface area contributed by atoms with Gasteiger partial charge in [-0.05, 0) is 61.4 Å². The number of benzene rings is 2. The molecule has 0 aliphatic carbocycles. The Morgan fingerprint density at radius 3 is 2.11 bits per heavy atom. The summed E-state index contributed by atoms with van der Waals surface area (Å²) in [6, 6.07) is 10.5. The van der Waals surface area contributed by atoms with Gasteiger partial charge in [0, 0.05) is 18.7 Å². The van der Waals surface area contributed by atoms with E-state index in [-0.39, 0.29) is 44.4 Å². The molecule has 0 spiro atoms. The number of rotatable bonds is 18. The number of aliphatic hydroxyl groups excluding tert-OH is 1. The van der Waals surface area contributed by atoms with E-state index in [2.05, 4.69) is 21.3 Å². The molecule has 0 bridgehead atoms. The lowest BCUT2D eigenvalue weighted by Gasteiger charge is -2.25. The Balaban J connectivity index is 1.47. The van der Waals surface area contributed by atoms with Gasteiger partial charge in [-0.25, -0.2) is 4.79 Å². The first-order valence-electron chi connectivity index (χ1n) is 15.3. The molecule has 7 amide bonds. The van der Waals surface area contributed by atoms with Crippen molar-refractivity contribution in [1.82, 2.24) is 21.0 Å². The van der Waals surface area contributed by atoms with Gasteiger partial charge in [0.2, 0.25) is 17.7 Å². The van der Waals surface area contributed by atoms with Crippen LogP contribution in [0.4, 0.5) is 10.5 Å². The number of nitrogens with two attached hydrogens (primary N) is 1. The summed E-state index contributed by atoms with van der Waals surface area (Å²) in [5.41, 5.74) is 6.86. The smallest absolute Gasteiger partial charge is 0.312 e. The summed E-state index contributed by atoms with van der Waals surface area (Å²) in [6.07, 6.45) is 2.23. The highest BCUT2D eigenvalue weighted by atomic mass is 16.7. The highest BCUT2D eigenvalue weighted by molar-refractivity contribution is 6.20. The lowest BCUT2D eigenvalue weighted by atomic mass is 10.0. The molecule has 0 saturated carbocycles. The van der Waals surface area contributed by atoms with Gasteiger partial charge in [0.15, 0.2) is 0 Å². The monoisotopic (exact) mass is 638 g/mol. The third-order valence-corrected chi connectivity index (χ3v) is 7.30. The zero-order valence-corrected chi connectivity index (χ0v) is 26.0. The summed E-state index contributed by atoms with van der Waals surface area (Å²) in [6.45, 7) is 3.72. The van der Waals surface area contributed by atoms with E-state index in [9.17, 15) is 33.9 Å². The van der Waals surface area contributed by atoms with E-state index < -0.39 is 41.7 Å². The van der Waals surface area contributed by atoms with Crippen LogP contribution in [0.3, 0.4) is 0 Å². The van der Waals surface area contributed by atoms with E-state index in [1.165, 1.54) is 0 Å². The maximum atomic E-state index is 13.3. The fraction of sp³-hybridized carbons (Fsp3) is 0.438. The molecule has 2 atom stereocenters. The van der Waals surface area contributed by atoms with Crippen LogP contribution < -0.4 is 27.0 Å². The van der Waals surface area contributed by atoms with Gasteiger partial charge >= 0.3 is 6.03 Å². The van der Waals surface area contributed by atoms with Gasteiger partial charge in [0.1, 0.15) is 12.1 Å². The molecule has 2 unspecified atom stereocenters. The van der Waals surface area contributed by atoms with Crippen molar-refractivity contribution >= 4 is 41.3 Å². The summed E-state index contributed by atoms with van der Waals surface area (Å²) in [5, 5.41) is 20.7. The quantitative estimate of drug-likeness (QED) is 0.105. The van der Waals surface area contributed by atoms with Gasteiger partial charge in [-0.15, -0.1) is 5.06 Å². The molecule has 1 aliphatic heterocycles. The highest BCUT2D eigenvalue weighted by Crippen LogP contribution is 2.22. The summed E-state index contributed by atoms with van der Waals surface area (Å²) in [7, 11) is 0. The van der Waals surface area contributed by atoms with Crippen LogP contribution in [-0.4, -0.2) is 71.0 Å². The second-order valence-corrected chi connectivity index (χ2v) is 11.2. The number of nitrogens with zero attached hydrogens (tertiary/aromatic N) is 1. The Hall–Kier alpha value is -4.82. The molecule has 3 rings (SSSR count). The normalized spacial score (nSPS) is 13.6. The van der Waals surface area contributed by atoms with E-state index in [4.69, 9.17) is 10.6 Å². The predicted molar refractivity (Wildman–Crippen MR) is 168 cm³/mol. The van der Waals surface area contributed by atoms with Crippen molar-refractivity contribution in [3.8, 4) is 0 Å². The van der Waals surface area contributed by atoms with Gasteiger partial charge in [-0.3, -0.25) is 28.8 Å². The zero-order valence-electron chi connectivity index (χ0n) is 26.0. The van der Waals surface area contributed by atoms with Crippen molar-refractivity contribution in [2.24, 2.45) is 11.7 Å². The maximum Gasteiger partial charge on any atom is 0.312 e. The number of carbonyl (C=O) groups excluding carboxylic acids is 6. The molecule has 1 aliphatic rings. The molecule has 0 radical (unpaired) electrons. The van der Waals surface area contributed by atoms with Crippen molar-refractivity contribution in [3.05, 3.63) is 65.2 Å². The molecular weight excluding hydrogens is 596 g/mol. The largest absolute Gasteiger partial charge is 0.392 e. The van der Waals surface area contributed by atoms with E-state index >= 15 is 0 Å². The minimum Gasteiger partial charge on any atom is -0.392 e. The standard InChI is InChI=1S/C32H42N6O8/c1-20(2)27(37-26(40)12-4-3-7-18-46-38-30(43)23-9-5-6-10-24(23)31(38)44)29(42)36-25(11-8-17-34-32(33)45)28(41)35-22-15-13-21(19-39)14-16-22/h5-6,9-10,13-16,20,25,27,39H,3-4,7-8,11-12,17-19H2,1-2H3,(H,35,41)(H,36,42)(H,37,40)(H3,33,34,45). The third-order valence-electron chi connectivity index (χ3n) is 7.30. The number of aliphatic hydroxyl groups is 1. The molecule has 14 heteroatoms. The Labute approximate surface area is 267 Å². The van der Waals surface area contributed by atoms with Gasteiger partial charge in [0.25, 0.3) is 11.8 Å². The number of nitrogens with one attached hydrogen (secondary N) is 4. The van der Waals surface area contributed by atoms with Crippen LogP contribution in [0, 0.1) is 5.92 Å². The SMILES string of the molecule is CC(C)C(NC(=O)CCCCCON1C(=O)c2ccccc2C1=O)C(=O)NC(CCCNC(N)=O)C(=O)Nc1ccc(CO)cc1. The molecule has 1 heterocycles. The molecule has 7 N–H and O–H groups in total. The van der Waals surface area contributed by atoms with Gasteiger partial charge in [0.05, 0.1) is 24.3 Å². The van der Waals surface area contributed by atoms with Crippen LogP contribution >= 0.6 is 0 Å². The van der Waals surface area contributed by atoms with Crippen molar-refractivity contribution < 1.29 is 38.7 Å². The van der Waals surface area contributed by atoms with Crippen LogP contribution in [0.15, 0.2) is 48.5 Å². The molecule has 0 saturated heterocycles. The summed E-state index contributed by atoms with van der Waals surface area (Å²) in [5.74, 6) is -2.65. The second-order valence-electron chi connectivity index (χ2n) is 11.2. The first-order valence-corrected chi connectivity index (χ1v) is 15.3. The summed E-state index contributed by atoms with van der Waals surface area (Å²) >= 11 is 0. The van der Waals surface area contributed by atoms with Crippen molar-refractivity contribution in [3.63, 3.8) is 0 Å². The van der Waals surface area contributed by atoms with Crippen LogP contribution in [-0.2, 0) is 25.8 Å². The number of carbonyl (C=O) groups is 6. The lowest BCUT2D eigenvalue weighted by Crippen LogP contribution is -2.54. The molecule has 46 heavy (non-hydrogen) atoms. The number of fused-ring (bicyclic) bond motifs is 1. The summed E-state index contributed by atoms with van der Waals surface area (Å²) in [4.78, 5) is 80.3. The number of amides is 7. The van der Waals surface area contributed by atoms with Gasteiger partial charge in [-0.2, -0.15) is 0 Å². The number of imide groups is 1. The third kappa shape index (κ3) is 10.4. The van der Waals surface area contributed by atoms with Crippen molar-refractivity contribution in [2.45, 2.75) is 71.1 Å². The van der Waals surface area contributed by atoms with Crippen LogP contribution in [0.25, 0.3) is 0 Å². The summed E-state index contributed by atoms with van der Waals surface area (Å²) < 4.78 is 0. The average molecular weight is 639 g/mol. The Kier molecular flexibility index (Phi) is 13.7. The fourth-order valence-corrected chi connectivity index (χ4v) is 4.76. The number of anilines is 1.